The highest BCUT2D eigenvalue weighted by atomic mass is 79.9. The third kappa shape index (κ3) is 1.64. The summed E-state index contributed by atoms with van der Waals surface area (Å²) in [5, 5.41) is 2.31. The predicted octanol–water partition coefficient (Wildman–Crippen LogP) is 4.91. The Balaban J connectivity index is 2.49. The summed E-state index contributed by atoms with van der Waals surface area (Å²) >= 11 is 7.00. The van der Waals surface area contributed by atoms with Crippen molar-refractivity contribution in [2.24, 2.45) is 0 Å². The number of fused-ring (bicyclic) bond motifs is 2. The molecular formula is C13H7Br2N. The molecule has 0 fully saturated rings. The Morgan fingerprint density at radius 2 is 1.75 bits per heavy atom. The van der Waals surface area contributed by atoms with Crippen molar-refractivity contribution in [1.29, 1.82) is 0 Å². The molecule has 1 nitrogen and oxygen atoms in total. The van der Waals surface area contributed by atoms with Gasteiger partial charge in [-0.25, -0.2) is 4.98 Å². The van der Waals surface area contributed by atoms with Crippen LogP contribution in [-0.4, -0.2) is 4.98 Å². The van der Waals surface area contributed by atoms with Crippen LogP contribution in [-0.2, 0) is 0 Å². The number of hydrogen-bond acceptors (Lipinski definition) is 1. The minimum Gasteiger partial charge on any atom is -0.247 e. The second-order valence-electron chi connectivity index (χ2n) is 3.64. The molecule has 0 amide bonds. The van der Waals surface area contributed by atoms with Crippen LogP contribution < -0.4 is 0 Å². The Morgan fingerprint density at radius 3 is 2.62 bits per heavy atom. The molecule has 0 spiro atoms. The number of para-hydroxylation sites is 1. The molecule has 16 heavy (non-hydrogen) atoms. The first-order valence-corrected chi connectivity index (χ1v) is 6.47. The van der Waals surface area contributed by atoms with Crippen LogP contribution in [0.1, 0.15) is 0 Å². The molecule has 0 aliphatic rings. The fraction of sp³-hybridized carbons (Fsp3) is 0. The molecule has 0 saturated carbocycles. The SMILES string of the molecule is Brc1ccc2nc3c(Br)cccc3cc2c1. The Kier molecular flexibility index (Phi) is 2.45. The van der Waals surface area contributed by atoms with Crippen LogP contribution in [0.25, 0.3) is 21.8 Å². The van der Waals surface area contributed by atoms with Crippen molar-refractivity contribution < 1.29 is 0 Å². The van der Waals surface area contributed by atoms with E-state index in [1.54, 1.807) is 0 Å². The van der Waals surface area contributed by atoms with Gasteiger partial charge in [0.05, 0.1) is 11.0 Å². The zero-order chi connectivity index (χ0) is 11.1. The Bertz CT molecular complexity index is 691. The topological polar surface area (TPSA) is 12.9 Å². The Hall–Kier alpha value is -0.930. The van der Waals surface area contributed by atoms with Crippen LogP contribution >= 0.6 is 31.9 Å². The lowest BCUT2D eigenvalue weighted by Crippen LogP contribution is -1.83. The molecule has 3 heteroatoms. The standard InChI is InChI=1S/C13H7Br2N/c14-10-4-5-12-9(7-10)6-8-2-1-3-11(15)13(8)16-12/h1-7H. The van der Waals surface area contributed by atoms with Crippen molar-refractivity contribution in [3.8, 4) is 0 Å². The molecule has 0 aliphatic carbocycles. The average Bonchev–Trinajstić information content (AvgIpc) is 2.27. The minimum absolute atomic E-state index is 1.01. The molecule has 1 heterocycles. The zero-order valence-corrected chi connectivity index (χ0v) is 11.4. The molecule has 0 saturated heterocycles. The van der Waals surface area contributed by atoms with Crippen molar-refractivity contribution in [2.45, 2.75) is 0 Å². The lowest BCUT2D eigenvalue weighted by Gasteiger charge is -2.03. The summed E-state index contributed by atoms with van der Waals surface area (Å²) in [6, 6.07) is 14.4. The normalized spacial score (nSPS) is 11.1. The summed E-state index contributed by atoms with van der Waals surface area (Å²) in [6.07, 6.45) is 0. The fourth-order valence-electron chi connectivity index (χ4n) is 1.80. The summed E-state index contributed by atoms with van der Waals surface area (Å²) in [4.78, 5) is 4.65. The highest BCUT2D eigenvalue weighted by molar-refractivity contribution is 9.11. The third-order valence-electron chi connectivity index (χ3n) is 2.55. The van der Waals surface area contributed by atoms with Crippen LogP contribution in [0.4, 0.5) is 0 Å². The maximum absolute atomic E-state index is 4.65. The van der Waals surface area contributed by atoms with E-state index in [0.717, 1.165) is 30.8 Å². The largest absolute Gasteiger partial charge is 0.247 e. The first-order valence-electron chi connectivity index (χ1n) is 4.88. The average molecular weight is 337 g/mol. The smallest absolute Gasteiger partial charge is 0.0851 e. The molecule has 0 bridgehead atoms. The summed E-state index contributed by atoms with van der Waals surface area (Å²) in [6.45, 7) is 0. The van der Waals surface area contributed by atoms with Crippen molar-refractivity contribution in [3.05, 3.63) is 51.4 Å². The van der Waals surface area contributed by atoms with Gasteiger partial charge in [0.15, 0.2) is 0 Å². The lowest BCUT2D eigenvalue weighted by atomic mass is 10.1. The highest BCUT2D eigenvalue weighted by Gasteiger charge is 2.02. The molecule has 0 N–H and O–H groups in total. The van der Waals surface area contributed by atoms with E-state index in [0.29, 0.717) is 0 Å². The van der Waals surface area contributed by atoms with Gasteiger partial charge in [-0.15, -0.1) is 0 Å². The molecule has 1 aromatic heterocycles. The molecule has 3 aromatic rings. The number of hydrogen-bond donors (Lipinski definition) is 0. The van der Waals surface area contributed by atoms with Gasteiger partial charge in [-0.3, -0.25) is 0 Å². The highest BCUT2D eigenvalue weighted by Crippen LogP contribution is 2.27. The van der Waals surface area contributed by atoms with Crippen LogP contribution in [0.15, 0.2) is 51.4 Å². The summed E-state index contributed by atoms with van der Waals surface area (Å²) in [5.74, 6) is 0. The van der Waals surface area contributed by atoms with Gasteiger partial charge in [-0.2, -0.15) is 0 Å². The molecule has 2 aromatic carbocycles. The van der Waals surface area contributed by atoms with E-state index in [-0.39, 0.29) is 0 Å². The van der Waals surface area contributed by atoms with Crippen LogP contribution in [0.3, 0.4) is 0 Å². The molecular weight excluding hydrogens is 330 g/mol. The van der Waals surface area contributed by atoms with Crippen LogP contribution in [0.5, 0.6) is 0 Å². The van der Waals surface area contributed by atoms with Crippen molar-refractivity contribution in [2.75, 3.05) is 0 Å². The van der Waals surface area contributed by atoms with Gasteiger partial charge in [0.1, 0.15) is 0 Å². The predicted molar refractivity (Wildman–Crippen MR) is 74.6 cm³/mol. The van der Waals surface area contributed by atoms with E-state index in [2.05, 4.69) is 55.0 Å². The first-order chi connectivity index (χ1) is 7.74. The van der Waals surface area contributed by atoms with E-state index in [9.17, 15) is 0 Å². The van der Waals surface area contributed by atoms with Crippen LogP contribution in [0.2, 0.25) is 0 Å². The Morgan fingerprint density at radius 1 is 0.875 bits per heavy atom. The van der Waals surface area contributed by atoms with Crippen molar-refractivity contribution in [3.63, 3.8) is 0 Å². The van der Waals surface area contributed by atoms with Gasteiger partial charge in [0.2, 0.25) is 0 Å². The monoisotopic (exact) mass is 335 g/mol. The number of halogens is 2. The molecule has 3 rings (SSSR count). The van der Waals surface area contributed by atoms with E-state index in [1.807, 2.05) is 24.3 Å². The number of benzene rings is 2. The summed E-state index contributed by atoms with van der Waals surface area (Å²) < 4.78 is 2.12. The van der Waals surface area contributed by atoms with E-state index < -0.39 is 0 Å². The second-order valence-corrected chi connectivity index (χ2v) is 5.41. The Labute approximate surface area is 110 Å². The van der Waals surface area contributed by atoms with Gasteiger partial charge in [-0.05, 0) is 46.3 Å². The van der Waals surface area contributed by atoms with E-state index in [1.165, 1.54) is 0 Å². The maximum Gasteiger partial charge on any atom is 0.0851 e. The van der Waals surface area contributed by atoms with E-state index >= 15 is 0 Å². The second kappa shape index (κ2) is 3.82. The van der Waals surface area contributed by atoms with E-state index in [4.69, 9.17) is 0 Å². The summed E-state index contributed by atoms with van der Waals surface area (Å²) in [7, 11) is 0. The first kappa shape index (κ1) is 10.2. The van der Waals surface area contributed by atoms with Gasteiger partial charge >= 0.3 is 0 Å². The van der Waals surface area contributed by atoms with Gasteiger partial charge in [-0.1, -0.05) is 28.1 Å². The number of rotatable bonds is 0. The molecule has 0 radical (unpaired) electrons. The van der Waals surface area contributed by atoms with Gasteiger partial charge < -0.3 is 0 Å². The van der Waals surface area contributed by atoms with Gasteiger partial charge in [0.25, 0.3) is 0 Å². The molecule has 0 unspecified atom stereocenters. The minimum atomic E-state index is 1.01. The quantitative estimate of drug-likeness (QED) is 0.531. The molecule has 78 valence electrons. The third-order valence-corrected chi connectivity index (χ3v) is 3.68. The van der Waals surface area contributed by atoms with Crippen LogP contribution in [0, 0.1) is 0 Å². The van der Waals surface area contributed by atoms with Crippen molar-refractivity contribution >= 4 is 53.7 Å². The zero-order valence-electron chi connectivity index (χ0n) is 8.24. The number of nitrogens with zero attached hydrogens (tertiary/aromatic N) is 1. The maximum atomic E-state index is 4.65. The van der Waals surface area contributed by atoms with Crippen molar-refractivity contribution in [1.82, 2.24) is 4.98 Å². The van der Waals surface area contributed by atoms with Gasteiger partial charge in [0, 0.05) is 19.7 Å². The molecule has 0 atom stereocenters. The summed E-state index contributed by atoms with van der Waals surface area (Å²) in [5.41, 5.74) is 2.03. The number of pyridine rings is 1. The number of aromatic nitrogens is 1. The fourth-order valence-corrected chi connectivity index (χ4v) is 2.65. The molecule has 0 aliphatic heterocycles. The lowest BCUT2D eigenvalue weighted by molar-refractivity contribution is 1.48.